The van der Waals surface area contributed by atoms with Crippen LogP contribution in [0.15, 0.2) is 18.2 Å². The predicted molar refractivity (Wildman–Crippen MR) is 96.9 cm³/mol. The van der Waals surface area contributed by atoms with Crippen LogP contribution in [0.25, 0.3) is 0 Å². The fourth-order valence-electron chi connectivity index (χ4n) is 2.68. The number of carbonyl (C=O) groups is 2. The number of carboxylic acids is 1. The Morgan fingerprint density at radius 1 is 1.24 bits per heavy atom. The maximum atomic E-state index is 12.6. The number of carboxylic acid groups (broad SMARTS) is 1. The number of aliphatic carboxylic acids is 1. The van der Waals surface area contributed by atoms with Crippen LogP contribution in [0, 0.1) is 5.92 Å². The molecule has 2 rings (SSSR count). The molecule has 0 spiro atoms. The van der Waals surface area contributed by atoms with E-state index in [9.17, 15) is 9.59 Å². The average molecular weight is 372 g/mol. The number of nitrogens with zero attached hydrogens (tertiary/aromatic N) is 1. The number of ether oxygens (including phenoxy) is 2. The third-order valence-corrected chi connectivity index (χ3v) is 4.07. The molecule has 0 saturated carbocycles. The normalized spacial score (nSPS) is 16.2. The highest BCUT2D eigenvalue weighted by Gasteiger charge is 2.31. The number of rotatable bonds is 8. The number of carbonyl (C=O) groups excluding carboxylic acids is 1. The molecule has 1 aliphatic heterocycles. The smallest absolute Gasteiger partial charge is 0.308 e. The van der Waals surface area contributed by atoms with Crippen molar-refractivity contribution in [3.63, 3.8) is 0 Å². The molecule has 7 heteroatoms. The van der Waals surface area contributed by atoms with Crippen molar-refractivity contribution in [1.82, 2.24) is 4.90 Å². The Kier molecular flexibility index (Phi) is 8.55. The quantitative estimate of drug-likeness (QED) is 0.710. The van der Waals surface area contributed by atoms with E-state index < -0.39 is 11.9 Å². The summed E-state index contributed by atoms with van der Waals surface area (Å²) in [7, 11) is 0. The first-order chi connectivity index (χ1) is 11.6. The molecule has 1 aromatic carbocycles. The highest BCUT2D eigenvalue weighted by Crippen LogP contribution is 2.30. The lowest BCUT2D eigenvalue weighted by atomic mass is 10.1. The number of unbranched alkanes of at least 4 members (excludes halogenated alkanes) is 1. The second kappa shape index (κ2) is 10.1. The van der Waals surface area contributed by atoms with Crippen molar-refractivity contribution >= 4 is 24.3 Å². The molecular weight excluding hydrogens is 346 g/mol. The lowest BCUT2D eigenvalue weighted by Gasteiger charge is -2.18. The van der Waals surface area contributed by atoms with E-state index in [0.717, 1.165) is 12.8 Å². The Balaban J connectivity index is 0.00000312. The summed E-state index contributed by atoms with van der Waals surface area (Å²) in [6, 6.07) is 5.14. The van der Waals surface area contributed by atoms with E-state index in [1.54, 1.807) is 23.1 Å². The van der Waals surface area contributed by atoms with Crippen molar-refractivity contribution < 1.29 is 24.2 Å². The van der Waals surface area contributed by atoms with Crippen LogP contribution >= 0.6 is 12.4 Å². The van der Waals surface area contributed by atoms with Gasteiger partial charge in [-0.15, -0.1) is 12.4 Å². The number of hydrogen-bond acceptors (Lipinski definition) is 4. The van der Waals surface area contributed by atoms with Crippen LogP contribution in [-0.4, -0.2) is 48.2 Å². The third-order valence-electron chi connectivity index (χ3n) is 4.07. The molecule has 0 bridgehead atoms. The summed E-state index contributed by atoms with van der Waals surface area (Å²) in [6.45, 7) is 5.78. The topological polar surface area (TPSA) is 76.1 Å². The van der Waals surface area contributed by atoms with Crippen molar-refractivity contribution in [2.75, 3.05) is 26.3 Å². The molecular formula is C18H26ClNO5. The predicted octanol–water partition coefficient (Wildman–Crippen LogP) is 3.23. The molecule has 140 valence electrons. The Morgan fingerprint density at radius 3 is 2.60 bits per heavy atom. The second-order valence-corrected chi connectivity index (χ2v) is 5.87. The molecule has 0 aliphatic carbocycles. The maximum Gasteiger partial charge on any atom is 0.308 e. The minimum Gasteiger partial charge on any atom is -0.490 e. The first-order valence-corrected chi connectivity index (χ1v) is 8.48. The fraction of sp³-hybridized carbons (Fsp3) is 0.556. The Hall–Kier alpha value is -1.95. The lowest BCUT2D eigenvalue weighted by Crippen LogP contribution is -2.29. The first kappa shape index (κ1) is 21.1. The van der Waals surface area contributed by atoms with E-state index in [1.165, 1.54) is 0 Å². The molecule has 1 amide bonds. The standard InChI is InChI=1S/C18H25NO5.ClH/c1-3-5-10-24-15-7-6-13(11-16(15)23-4-2)17(20)19-9-8-14(12-19)18(21)22;/h6-7,11,14H,3-5,8-10,12H2,1-2H3,(H,21,22);1H. The lowest BCUT2D eigenvalue weighted by molar-refractivity contribution is -0.141. The molecule has 1 N–H and O–H groups in total. The van der Waals surface area contributed by atoms with Crippen molar-refractivity contribution in [2.24, 2.45) is 5.92 Å². The monoisotopic (exact) mass is 371 g/mol. The zero-order valence-electron chi connectivity index (χ0n) is 14.7. The first-order valence-electron chi connectivity index (χ1n) is 8.48. The molecule has 0 aromatic heterocycles. The molecule has 25 heavy (non-hydrogen) atoms. The van der Waals surface area contributed by atoms with Crippen LogP contribution in [0.5, 0.6) is 11.5 Å². The van der Waals surface area contributed by atoms with Gasteiger partial charge in [0.15, 0.2) is 11.5 Å². The van der Waals surface area contributed by atoms with Gasteiger partial charge in [-0.3, -0.25) is 9.59 Å². The SMILES string of the molecule is CCCCOc1ccc(C(=O)N2CCC(C(=O)O)C2)cc1OCC.Cl. The Bertz CT molecular complexity index is 593. The summed E-state index contributed by atoms with van der Waals surface area (Å²) < 4.78 is 11.3. The van der Waals surface area contributed by atoms with Crippen LogP contribution in [-0.2, 0) is 4.79 Å². The van der Waals surface area contributed by atoms with Gasteiger partial charge in [-0.25, -0.2) is 0 Å². The molecule has 6 nitrogen and oxygen atoms in total. The molecule has 1 fully saturated rings. The molecule has 1 unspecified atom stereocenters. The zero-order valence-corrected chi connectivity index (χ0v) is 15.5. The van der Waals surface area contributed by atoms with Gasteiger partial charge in [0.2, 0.25) is 0 Å². The second-order valence-electron chi connectivity index (χ2n) is 5.87. The van der Waals surface area contributed by atoms with E-state index in [1.807, 2.05) is 6.92 Å². The fourth-order valence-corrected chi connectivity index (χ4v) is 2.68. The van der Waals surface area contributed by atoms with Gasteiger partial charge in [-0.05, 0) is 38.0 Å². The average Bonchev–Trinajstić information content (AvgIpc) is 3.06. The molecule has 0 radical (unpaired) electrons. The van der Waals surface area contributed by atoms with Gasteiger partial charge in [-0.2, -0.15) is 0 Å². The molecule has 1 aliphatic rings. The molecule has 1 atom stereocenters. The summed E-state index contributed by atoms with van der Waals surface area (Å²) in [5, 5.41) is 9.06. The minimum absolute atomic E-state index is 0. The van der Waals surface area contributed by atoms with Gasteiger partial charge < -0.3 is 19.5 Å². The highest BCUT2D eigenvalue weighted by atomic mass is 35.5. The van der Waals surface area contributed by atoms with Crippen molar-refractivity contribution in [3.05, 3.63) is 23.8 Å². The van der Waals surface area contributed by atoms with E-state index in [-0.39, 0.29) is 24.9 Å². The molecule has 1 aromatic rings. The van der Waals surface area contributed by atoms with Gasteiger partial charge in [0.05, 0.1) is 19.1 Å². The third kappa shape index (κ3) is 5.53. The number of benzene rings is 1. The van der Waals surface area contributed by atoms with E-state index >= 15 is 0 Å². The van der Waals surface area contributed by atoms with Crippen molar-refractivity contribution in [1.29, 1.82) is 0 Å². The van der Waals surface area contributed by atoms with Gasteiger partial charge in [0, 0.05) is 18.7 Å². The van der Waals surface area contributed by atoms with Gasteiger partial charge in [0.25, 0.3) is 5.91 Å². The Labute approximate surface area is 154 Å². The van der Waals surface area contributed by atoms with E-state index in [4.69, 9.17) is 14.6 Å². The van der Waals surface area contributed by atoms with Crippen LogP contribution in [0.2, 0.25) is 0 Å². The van der Waals surface area contributed by atoms with Gasteiger partial charge in [0.1, 0.15) is 0 Å². The van der Waals surface area contributed by atoms with E-state index in [0.29, 0.717) is 43.2 Å². The molecule has 1 saturated heterocycles. The van der Waals surface area contributed by atoms with Crippen LogP contribution in [0.3, 0.4) is 0 Å². The number of amides is 1. The van der Waals surface area contributed by atoms with Crippen LogP contribution in [0.4, 0.5) is 0 Å². The van der Waals surface area contributed by atoms with Gasteiger partial charge >= 0.3 is 5.97 Å². The number of halogens is 1. The maximum absolute atomic E-state index is 12.6. The van der Waals surface area contributed by atoms with Crippen LogP contribution < -0.4 is 9.47 Å². The summed E-state index contributed by atoms with van der Waals surface area (Å²) in [5.74, 6) is -0.308. The Morgan fingerprint density at radius 2 is 2.00 bits per heavy atom. The number of likely N-dealkylation sites (tertiary alicyclic amines) is 1. The van der Waals surface area contributed by atoms with Gasteiger partial charge in [-0.1, -0.05) is 13.3 Å². The van der Waals surface area contributed by atoms with Crippen molar-refractivity contribution in [2.45, 2.75) is 33.1 Å². The summed E-state index contributed by atoms with van der Waals surface area (Å²) in [5.41, 5.74) is 0.493. The zero-order chi connectivity index (χ0) is 17.5. The number of hydrogen-bond donors (Lipinski definition) is 1. The van der Waals surface area contributed by atoms with Crippen LogP contribution in [0.1, 0.15) is 43.5 Å². The highest BCUT2D eigenvalue weighted by molar-refractivity contribution is 5.95. The van der Waals surface area contributed by atoms with E-state index in [2.05, 4.69) is 6.92 Å². The summed E-state index contributed by atoms with van der Waals surface area (Å²) in [4.78, 5) is 25.2. The summed E-state index contributed by atoms with van der Waals surface area (Å²) >= 11 is 0. The molecule has 1 heterocycles. The summed E-state index contributed by atoms with van der Waals surface area (Å²) in [6.07, 6.45) is 2.49. The van der Waals surface area contributed by atoms with Crippen molar-refractivity contribution in [3.8, 4) is 11.5 Å². The largest absolute Gasteiger partial charge is 0.490 e. The minimum atomic E-state index is -0.847.